The fourth-order valence-electron chi connectivity index (χ4n) is 4.80. The molecule has 0 saturated carbocycles. The van der Waals surface area contributed by atoms with Crippen LogP contribution in [0.3, 0.4) is 0 Å². The summed E-state index contributed by atoms with van der Waals surface area (Å²) in [7, 11) is 0. The molecule has 0 fully saturated rings. The Morgan fingerprint density at radius 1 is 0.939 bits per heavy atom. The van der Waals surface area contributed by atoms with Gasteiger partial charge in [0.2, 0.25) is 5.52 Å². The number of rotatable bonds is 1. The molecule has 5 nitrogen and oxygen atoms in total. The van der Waals surface area contributed by atoms with E-state index in [0.717, 1.165) is 62.1 Å². The van der Waals surface area contributed by atoms with E-state index >= 15 is 0 Å². The van der Waals surface area contributed by atoms with E-state index in [1.165, 1.54) is 22.9 Å². The molecule has 6 rings (SSSR count). The molecule has 1 heterocycles. The fourth-order valence-corrected chi connectivity index (χ4v) is 5.26. The first-order chi connectivity index (χ1) is 16.0. The lowest BCUT2D eigenvalue weighted by Crippen LogP contribution is -2.25. The van der Waals surface area contributed by atoms with Crippen LogP contribution in [0.25, 0.3) is 27.2 Å². The summed E-state index contributed by atoms with van der Waals surface area (Å²) >= 11 is 3.38. The van der Waals surface area contributed by atoms with Crippen molar-refractivity contribution in [2.24, 2.45) is 0 Å². The number of aromatic nitrogens is 1. The lowest BCUT2D eigenvalue weighted by molar-refractivity contribution is -0.577. The van der Waals surface area contributed by atoms with Gasteiger partial charge in [-0.25, -0.2) is 0 Å². The standard InChI is InChI=1S/C18H14BrNO2.C9H7NO/c19-13-9-12-6-7-15-14-4-2-1-3-11(14)5-8-16(15)18(12)17(10-13)20(21)22;11-10-7-3-5-8-4-1-2-6-9(8)10/h2,4,6-7,9-10H,1,3,5,8H2;1-7H. The number of allylic oxidation sites excluding steroid dienone is 4. The van der Waals surface area contributed by atoms with Gasteiger partial charge in [0.1, 0.15) is 0 Å². The van der Waals surface area contributed by atoms with E-state index in [4.69, 9.17) is 0 Å². The van der Waals surface area contributed by atoms with E-state index in [2.05, 4.69) is 34.1 Å². The van der Waals surface area contributed by atoms with E-state index < -0.39 is 0 Å². The third-order valence-corrected chi connectivity index (χ3v) is 6.74. The zero-order chi connectivity index (χ0) is 22.9. The van der Waals surface area contributed by atoms with E-state index in [1.807, 2.05) is 42.5 Å². The maximum atomic E-state index is 11.5. The summed E-state index contributed by atoms with van der Waals surface area (Å²) in [6, 6.07) is 18.9. The van der Waals surface area contributed by atoms with Crippen LogP contribution in [0.1, 0.15) is 30.4 Å². The topological polar surface area (TPSA) is 70.1 Å². The molecule has 0 amide bonds. The molecule has 2 aliphatic rings. The Hall–Kier alpha value is -3.51. The van der Waals surface area contributed by atoms with Crippen molar-refractivity contribution >= 4 is 48.9 Å². The van der Waals surface area contributed by atoms with Crippen molar-refractivity contribution in [1.29, 1.82) is 0 Å². The van der Waals surface area contributed by atoms with Crippen LogP contribution in [0, 0.1) is 15.3 Å². The van der Waals surface area contributed by atoms with Gasteiger partial charge < -0.3 is 5.21 Å². The number of fused-ring (bicyclic) bond motifs is 5. The molecule has 3 aromatic carbocycles. The second-order valence-corrected chi connectivity index (χ2v) is 9.14. The molecule has 6 heteroatoms. The summed E-state index contributed by atoms with van der Waals surface area (Å²) in [5, 5.41) is 25.3. The van der Waals surface area contributed by atoms with E-state index in [9.17, 15) is 15.3 Å². The second-order valence-electron chi connectivity index (χ2n) is 8.22. The van der Waals surface area contributed by atoms with Crippen molar-refractivity contribution in [2.45, 2.75) is 25.7 Å². The number of hydrogen-bond acceptors (Lipinski definition) is 3. The molecule has 4 aromatic rings. The maximum absolute atomic E-state index is 11.5. The first-order valence-electron chi connectivity index (χ1n) is 10.9. The number of benzene rings is 3. The number of pyridine rings is 1. The van der Waals surface area contributed by atoms with Gasteiger partial charge in [-0.1, -0.05) is 57.9 Å². The van der Waals surface area contributed by atoms with Gasteiger partial charge in [-0.3, -0.25) is 10.1 Å². The van der Waals surface area contributed by atoms with Crippen LogP contribution in [0.15, 0.2) is 89.1 Å². The predicted octanol–water partition coefficient (Wildman–Crippen LogP) is 7.03. The quantitative estimate of drug-likeness (QED) is 0.122. The zero-order valence-corrected chi connectivity index (χ0v) is 19.4. The van der Waals surface area contributed by atoms with E-state index in [0.29, 0.717) is 0 Å². The van der Waals surface area contributed by atoms with Crippen LogP contribution in [0.4, 0.5) is 5.69 Å². The molecule has 0 unspecified atom stereocenters. The van der Waals surface area contributed by atoms with Crippen molar-refractivity contribution in [3.05, 3.63) is 116 Å². The Morgan fingerprint density at radius 3 is 2.58 bits per heavy atom. The van der Waals surface area contributed by atoms with Gasteiger partial charge in [0.25, 0.3) is 5.69 Å². The molecule has 164 valence electrons. The Bertz CT molecular complexity index is 1470. The zero-order valence-electron chi connectivity index (χ0n) is 17.8. The molecular weight excluding hydrogens is 480 g/mol. The highest BCUT2D eigenvalue weighted by Crippen LogP contribution is 2.42. The summed E-state index contributed by atoms with van der Waals surface area (Å²) in [6.07, 6.45) is 10.0. The number of nitro groups is 1. The van der Waals surface area contributed by atoms with Crippen LogP contribution in [-0.4, -0.2) is 4.92 Å². The van der Waals surface area contributed by atoms with E-state index in [-0.39, 0.29) is 10.6 Å². The van der Waals surface area contributed by atoms with Crippen molar-refractivity contribution in [3.8, 4) is 0 Å². The molecule has 0 aliphatic heterocycles. The van der Waals surface area contributed by atoms with Crippen LogP contribution in [0.2, 0.25) is 0 Å². The smallest absolute Gasteiger partial charge is 0.278 e. The van der Waals surface area contributed by atoms with Crippen molar-refractivity contribution in [2.75, 3.05) is 0 Å². The maximum Gasteiger partial charge on any atom is 0.278 e. The molecule has 0 saturated heterocycles. The third-order valence-electron chi connectivity index (χ3n) is 6.28. The number of halogens is 1. The summed E-state index contributed by atoms with van der Waals surface area (Å²) < 4.78 is 1.62. The minimum atomic E-state index is -0.270. The van der Waals surface area contributed by atoms with Crippen LogP contribution < -0.4 is 4.73 Å². The van der Waals surface area contributed by atoms with Gasteiger partial charge in [-0.15, -0.1) is 0 Å². The fraction of sp³-hybridized carbons (Fsp3) is 0.148. The van der Waals surface area contributed by atoms with Gasteiger partial charge >= 0.3 is 0 Å². The SMILES string of the molecule is O=[N+]([O-])c1cc(Br)cc2ccc3c(c12)CCC1=C3C=CCC1.[O-][n+]1cccc2ccccc21. The van der Waals surface area contributed by atoms with Crippen molar-refractivity contribution < 1.29 is 9.65 Å². The van der Waals surface area contributed by atoms with Crippen molar-refractivity contribution in [3.63, 3.8) is 0 Å². The molecule has 1 aromatic heterocycles. The molecule has 2 aliphatic carbocycles. The first kappa shape index (κ1) is 21.3. The third kappa shape index (κ3) is 4.02. The highest BCUT2D eigenvalue weighted by Gasteiger charge is 2.25. The van der Waals surface area contributed by atoms with Crippen LogP contribution >= 0.6 is 15.9 Å². The number of aryl methyl sites for hydroxylation is 1. The molecule has 0 N–H and O–H groups in total. The molecule has 0 atom stereocenters. The summed E-state index contributed by atoms with van der Waals surface area (Å²) in [4.78, 5) is 11.2. The number of hydrogen-bond donors (Lipinski definition) is 0. The van der Waals surface area contributed by atoms with Crippen LogP contribution in [0.5, 0.6) is 0 Å². The Kier molecular flexibility index (Phi) is 5.68. The number of nitrogens with zero attached hydrogens (tertiary/aromatic N) is 2. The summed E-state index contributed by atoms with van der Waals surface area (Å²) in [6.45, 7) is 0. The van der Waals surface area contributed by atoms with Gasteiger partial charge in [0.05, 0.1) is 10.3 Å². The Balaban J connectivity index is 0.000000174. The minimum absolute atomic E-state index is 0.199. The van der Waals surface area contributed by atoms with Gasteiger partial charge in [-0.05, 0) is 66.0 Å². The molecule has 0 spiro atoms. The summed E-state index contributed by atoms with van der Waals surface area (Å²) in [5.74, 6) is 0. The average molecular weight is 501 g/mol. The van der Waals surface area contributed by atoms with Crippen LogP contribution in [-0.2, 0) is 6.42 Å². The lowest BCUT2D eigenvalue weighted by Gasteiger charge is -2.25. The second kappa shape index (κ2) is 8.79. The molecule has 0 radical (unpaired) electrons. The molecular formula is C27H21BrN2O3. The van der Waals surface area contributed by atoms with Gasteiger partial charge in [0, 0.05) is 28.1 Å². The number of non-ortho nitro benzene ring substituents is 1. The normalized spacial score (nSPS) is 14.5. The average Bonchev–Trinajstić information content (AvgIpc) is 2.83. The molecule has 0 bridgehead atoms. The highest BCUT2D eigenvalue weighted by molar-refractivity contribution is 9.10. The Labute approximate surface area is 199 Å². The first-order valence-corrected chi connectivity index (χ1v) is 11.7. The number of para-hydroxylation sites is 1. The largest absolute Gasteiger partial charge is 0.618 e. The van der Waals surface area contributed by atoms with E-state index in [1.54, 1.807) is 12.1 Å². The number of nitro benzene ring substituents is 1. The summed E-state index contributed by atoms with van der Waals surface area (Å²) in [5.41, 5.74) is 6.00. The minimum Gasteiger partial charge on any atom is -0.618 e. The van der Waals surface area contributed by atoms with Crippen molar-refractivity contribution in [1.82, 2.24) is 0 Å². The van der Waals surface area contributed by atoms with Gasteiger partial charge in [0.15, 0.2) is 6.20 Å². The predicted molar refractivity (Wildman–Crippen MR) is 135 cm³/mol. The van der Waals surface area contributed by atoms with Gasteiger partial charge in [-0.2, -0.15) is 4.73 Å². The Morgan fingerprint density at radius 2 is 1.76 bits per heavy atom. The monoisotopic (exact) mass is 500 g/mol. The lowest BCUT2D eigenvalue weighted by atomic mass is 9.79. The molecule has 33 heavy (non-hydrogen) atoms. The highest BCUT2D eigenvalue weighted by atomic mass is 79.9.